The van der Waals surface area contributed by atoms with Gasteiger partial charge in [-0.05, 0) is 18.1 Å². The van der Waals surface area contributed by atoms with Crippen molar-refractivity contribution >= 4 is 19.0 Å². The SMILES string of the molecule is CCC(=O)N[C@H]1Cc2cc(F)c(F)c(C(=O)O)c2OB1O. The van der Waals surface area contributed by atoms with Crippen LogP contribution in [0.2, 0.25) is 0 Å². The monoisotopic (exact) mass is 299 g/mol. The Morgan fingerprint density at radius 2 is 2.19 bits per heavy atom. The molecular weight excluding hydrogens is 287 g/mol. The van der Waals surface area contributed by atoms with Gasteiger partial charge in [0.15, 0.2) is 11.6 Å². The molecule has 0 saturated carbocycles. The molecule has 0 aliphatic carbocycles. The first-order chi connectivity index (χ1) is 9.85. The van der Waals surface area contributed by atoms with E-state index in [0.717, 1.165) is 6.07 Å². The van der Waals surface area contributed by atoms with E-state index in [0.29, 0.717) is 0 Å². The van der Waals surface area contributed by atoms with Crippen molar-refractivity contribution in [2.45, 2.75) is 25.7 Å². The van der Waals surface area contributed by atoms with Gasteiger partial charge in [0.05, 0.1) is 5.94 Å². The number of carbonyl (C=O) groups is 2. The van der Waals surface area contributed by atoms with E-state index in [-0.39, 0.29) is 24.3 Å². The second-order valence-electron chi connectivity index (χ2n) is 4.58. The van der Waals surface area contributed by atoms with Crippen molar-refractivity contribution in [3.63, 3.8) is 0 Å². The first kappa shape index (κ1) is 15.2. The molecule has 6 nitrogen and oxygen atoms in total. The topological polar surface area (TPSA) is 95.9 Å². The number of nitrogens with one attached hydrogen (secondary N) is 1. The van der Waals surface area contributed by atoms with Crippen LogP contribution >= 0.6 is 0 Å². The number of hydrogen-bond donors (Lipinski definition) is 3. The number of carbonyl (C=O) groups excluding carboxylic acids is 1. The van der Waals surface area contributed by atoms with Crippen molar-refractivity contribution in [2.24, 2.45) is 0 Å². The summed E-state index contributed by atoms with van der Waals surface area (Å²) in [4.78, 5) is 22.3. The lowest BCUT2D eigenvalue weighted by molar-refractivity contribution is -0.121. The summed E-state index contributed by atoms with van der Waals surface area (Å²) in [6.45, 7) is 1.61. The molecule has 1 aliphatic heterocycles. The molecule has 1 atom stereocenters. The van der Waals surface area contributed by atoms with Gasteiger partial charge >= 0.3 is 13.1 Å². The smallest absolute Gasteiger partial charge is 0.534 e. The molecule has 1 aromatic carbocycles. The molecule has 0 fully saturated rings. The molecule has 1 heterocycles. The molecule has 0 spiro atoms. The maximum atomic E-state index is 13.5. The number of benzene rings is 1. The molecule has 0 unspecified atom stereocenters. The lowest BCUT2D eigenvalue weighted by Gasteiger charge is -2.29. The lowest BCUT2D eigenvalue weighted by Crippen LogP contribution is -2.53. The molecule has 0 bridgehead atoms. The Hall–Kier alpha value is -2.16. The first-order valence-corrected chi connectivity index (χ1v) is 6.23. The molecule has 21 heavy (non-hydrogen) atoms. The van der Waals surface area contributed by atoms with Gasteiger partial charge in [0.1, 0.15) is 11.3 Å². The minimum atomic E-state index is -1.70. The van der Waals surface area contributed by atoms with Crippen LogP contribution in [0.4, 0.5) is 8.78 Å². The minimum absolute atomic E-state index is 0.0676. The summed E-state index contributed by atoms with van der Waals surface area (Å²) < 4.78 is 32.0. The molecule has 3 N–H and O–H groups in total. The molecule has 2 rings (SSSR count). The summed E-state index contributed by atoms with van der Waals surface area (Å²) in [5.74, 6) is -6.22. The molecule has 1 aromatic rings. The van der Waals surface area contributed by atoms with Crippen LogP contribution in [0.25, 0.3) is 0 Å². The van der Waals surface area contributed by atoms with Crippen LogP contribution in [0.1, 0.15) is 29.3 Å². The van der Waals surface area contributed by atoms with Gasteiger partial charge in [-0.2, -0.15) is 0 Å². The Bertz CT molecular complexity index is 610. The Kier molecular flexibility index (Phi) is 4.12. The molecule has 112 valence electrons. The van der Waals surface area contributed by atoms with Crippen LogP contribution in [0.5, 0.6) is 5.75 Å². The zero-order valence-corrected chi connectivity index (χ0v) is 11.0. The number of hydrogen-bond acceptors (Lipinski definition) is 4. The van der Waals surface area contributed by atoms with E-state index < -0.39 is 42.0 Å². The fraction of sp³-hybridized carbons (Fsp3) is 0.333. The Balaban J connectivity index is 2.42. The molecule has 9 heteroatoms. The number of carboxylic acid groups (broad SMARTS) is 1. The number of amides is 1. The summed E-state index contributed by atoms with van der Waals surface area (Å²) in [5, 5.41) is 21.2. The van der Waals surface area contributed by atoms with E-state index in [1.54, 1.807) is 6.92 Å². The van der Waals surface area contributed by atoms with Gasteiger partial charge in [-0.3, -0.25) is 4.79 Å². The Morgan fingerprint density at radius 3 is 2.76 bits per heavy atom. The van der Waals surface area contributed by atoms with Gasteiger partial charge in [-0.1, -0.05) is 6.92 Å². The fourth-order valence-electron chi connectivity index (χ4n) is 2.11. The van der Waals surface area contributed by atoms with Crippen molar-refractivity contribution < 1.29 is 33.2 Å². The van der Waals surface area contributed by atoms with Crippen molar-refractivity contribution in [3.05, 3.63) is 28.8 Å². The van der Waals surface area contributed by atoms with Crippen LogP contribution in [0.15, 0.2) is 6.07 Å². The van der Waals surface area contributed by atoms with Crippen LogP contribution < -0.4 is 9.97 Å². The number of rotatable bonds is 3. The summed E-state index contributed by atoms with van der Waals surface area (Å²) in [6.07, 6.45) is 0.105. The summed E-state index contributed by atoms with van der Waals surface area (Å²) >= 11 is 0. The van der Waals surface area contributed by atoms with Gasteiger partial charge in [0, 0.05) is 6.42 Å². The lowest BCUT2D eigenvalue weighted by atomic mass is 9.72. The molecule has 0 saturated heterocycles. The van der Waals surface area contributed by atoms with Crippen LogP contribution in [-0.4, -0.2) is 35.1 Å². The third-order valence-corrected chi connectivity index (χ3v) is 3.15. The van der Waals surface area contributed by atoms with Gasteiger partial charge in [-0.25, -0.2) is 13.6 Å². The van der Waals surface area contributed by atoms with Crippen LogP contribution in [0, 0.1) is 11.6 Å². The highest BCUT2D eigenvalue weighted by Gasteiger charge is 2.39. The number of carboxylic acids is 1. The van der Waals surface area contributed by atoms with E-state index in [1.165, 1.54) is 0 Å². The summed E-state index contributed by atoms with van der Waals surface area (Å²) in [5.41, 5.74) is -0.901. The standard InChI is InChI=1S/C12H12BF2NO5/c1-2-8(17)16-7-4-5-3-6(14)10(15)9(12(18)19)11(5)21-13(7)20/h3,7,20H,2,4H2,1H3,(H,16,17)(H,18,19)/t7-/m0/s1. The highest BCUT2D eigenvalue weighted by molar-refractivity contribution is 6.47. The van der Waals surface area contributed by atoms with E-state index in [2.05, 4.69) is 5.32 Å². The molecule has 0 radical (unpaired) electrons. The van der Waals surface area contributed by atoms with E-state index in [1.807, 2.05) is 0 Å². The maximum absolute atomic E-state index is 13.5. The van der Waals surface area contributed by atoms with Crippen molar-refractivity contribution in [2.75, 3.05) is 0 Å². The molecule has 1 amide bonds. The zero-order chi connectivity index (χ0) is 15.7. The predicted molar refractivity (Wildman–Crippen MR) is 67.8 cm³/mol. The zero-order valence-electron chi connectivity index (χ0n) is 11.0. The molecule has 0 aromatic heterocycles. The number of halogens is 2. The third kappa shape index (κ3) is 2.82. The van der Waals surface area contributed by atoms with Gasteiger partial charge in [0.25, 0.3) is 0 Å². The average Bonchev–Trinajstić information content (AvgIpc) is 2.41. The second-order valence-corrected chi connectivity index (χ2v) is 4.58. The summed E-state index contributed by atoms with van der Waals surface area (Å²) in [7, 11) is -1.55. The van der Waals surface area contributed by atoms with Gasteiger partial charge in [-0.15, -0.1) is 0 Å². The molecular formula is C12H12BF2NO5. The van der Waals surface area contributed by atoms with E-state index in [4.69, 9.17) is 9.76 Å². The van der Waals surface area contributed by atoms with E-state index in [9.17, 15) is 23.4 Å². The minimum Gasteiger partial charge on any atom is -0.534 e. The van der Waals surface area contributed by atoms with E-state index >= 15 is 0 Å². The predicted octanol–water partition coefficient (Wildman–Crippen LogP) is 0.512. The van der Waals surface area contributed by atoms with Crippen molar-refractivity contribution in [3.8, 4) is 5.75 Å². The van der Waals surface area contributed by atoms with Crippen LogP contribution in [-0.2, 0) is 11.2 Å². The Labute approximate surface area is 118 Å². The quantitative estimate of drug-likeness (QED) is 0.707. The van der Waals surface area contributed by atoms with Crippen molar-refractivity contribution in [1.29, 1.82) is 0 Å². The van der Waals surface area contributed by atoms with Crippen molar-refractivity contribution in [1.82, 2.24) is 5.32 Å². The Morgan fingerprint density at radius 1 is 1.52 bits per heavy atom. The maximum Gasteiger partial charge on any atom is 0.547 e. The number of fused-ring (bicyclic) bond motifs is 1. The second kappa shape index (κ2) is 5.68. The summed E-state index contributed by atoms with van der Waals surface area (Å²) in [6, 6.07) is 0.800. The first-order valence-electron chi connectivity index (χ1n) is 6.23. The number of aromatic carboxylic acids is 1. The third-order valence-electron chi connectivity index (χ3n) is 3.15. The van der Waals surface area contributed by atoms with Gasteiger partial charge in [0.2, 0.25) is 5.91 Å². The highest BCUT2D eigenvalue weighted by atomic mass is 19.2. The highest BCUT2D eigenvalue weighted by Crippen LogP contribution is 2.33. The fourth-order valence-corrected chi connectivity index (χ4v) is 2.11. The molecule has 1 aliphatic rings. The normalized spacial score (nSPS) is 17.0. The average molecular weight is 299 g/mol. The largest absolute Gasteiger partial charge is 0.547 e. The van der Waals surface area contributed by atoms with Crippen LogP contribution in [0.3, 0.4) is 0 Å². The van der Waals surface area contributed by atoms with Gasteiger partial charge < -0.3 is 20.1 Å².